The first-order chi connectivity index (χ1) is 11.2. The minimum Gasteiger partial charge on any atom is -0.494 e. The van der Waals surface area contributed by atoms with Crippen LogP contribution < -0.4 is 10.1 Å². The van der Waals surface area contributed by atoms with Crippen molar-refractivity contribution in [2.45, 2.75) is 6.92 Å². The molecule has 0 aliphatic heterocycles. The summed E-state index contributed by atoms with van der Waals surface area (Å²) in [5, 5.41) is 13.8. The second-order valence-electron chi connectivity index (χ2n) is 4.62. The van der Waals surface area contributed by atoms with Crippen LogP contribution in [0.1, 0.15) is 6.92 Å². The van der Waals surface area contributed by atoms with Crippen molar-refractivity contribution in [1.29, 1.82) is 0 Å². The minimum absolute atomic E-state index is 0.645. The van der Waals surface area contributed by atoms with Gasteiger partial charge in [-0.25, -0.2) is 0 Å². The Balaban J connectivity index is 1.75. The fourth-order valence-corrected chi connectivity index (χ4v) is 3.14. The zero-order valence-corrected chi connectivity index (χ0v) is 15.4. The lowest BCUT2D eigenvalue weighted by Gasteiger charge is -2.03. The molecule has 0 spiro atoms. The smallest absolute Gasteiger partial charge is 0.210 e. The molecule has 0 fully saturated rings. The standard InChI is InChI=1S/C16H13BrClN3OS/c1-2-22-12-6-3-10(4-7-12)15-20-21-16(23-15)19-11-5-8-13(17)14(18)9-11/h3-9H,2H2,1H3,(H,19,21). The Hall–Kier alpha value is -1.63. The first kappa shape index (κ1) is 16.2. The Morgan fingerprint density at radius 1 is 1.17 bits per heavy atom. The second-order valence-corrected chi connectivity index (χ2v) is 6.86. The van der Waals surface area contributed by atoms with E-state index in [1.54, 1.807) is 0 Å². The molecule has 0 amide bonds. The van der Waals surface area contributed by atoms with Gasteiger partial charge in [-0.3, -0.25) is 0 Å². The van der Waals surface area contributed by atoms with Crippen LogP contribution in [-0.2, 0) is 0 Å². The molecule has 7 heteroatoms. The lowest BCUT2D eigenvalue weighted by molar-refractivity contribution is 0.340. The van der Waals surface area contributed by atoms with Crippen LogP contribution in [0.5, 0.6) is 5.75 Å². The molecule has 0 unspecified atom stereocenters. The molecule has 0 aliphatic rings. The molecule has 0 atom stereocenters. The van der Waals surface area contributed by atoms with Gasteiger partial charge in [-0.1, -0.05) is 22.9 Å². The van der Waals surface area contributed by atoms with Crippen LogP contribution in [-0.4, -0.2) is 16.8 Å². The summed E-state index contributed by atoms with van der Waals surface area (Å²) in [4.78, 5) is 0. The molecule has 1 aromatic heterocycles. The zero-order valence-electron chi connectivity index (χ0n) is 12.2. The lowest BCUT2D eigenvalue weighted by atomic mass is 10.2. The molecular weight excluding hydrogens is 398 g/mol. The van der Waals surface area contributed by atoms with Gasteiger partial charge in [0.15, 0.2) is 0 Å². The molecular formula is C16H13BrClN3OS. The van der Waals surface area contributed by atoms with Crippen LogP contribution in [0.3, 0.4) is 0 Å². The third-order valence-electron chi connectivity index (χ3n) is 3.01. The molecule has 0 aliphatic carbocycles. The van der Waals surface area contributed by atoms with Crippen molar-refractivity contribution in [2.75, 3.05) is 11.9 Å². The number of hydrogen-bond acceptors (Lipinski definition) is 5. The number of anilines is 2. The van der Waals surface area contributed by atoms with Gasteiger partial charge >= 0.3 is 0 Å². The van der Waals surface area contributed by atoms with E-state index in [9.17, 15) is 0 Å². The number of rotatable bonds is 5. The second kappa shape index (κ2) is 7.29. The molecule has 118 valence electrons. The van der Waals surface area contributed by atoms with Crippen molar-refractivity contribution >= 4 is 49.7 Å². The topological polar surface area (TPSA) is 47.0 Å². The van der Waals surface area contributed by atoms with Crippen LogP contribution in [0.4, 0.5) is 10.8 Å². The summed E-state index contributed by atoms with van der Waals surface area (Å²) < 4.78 is 6.30. The van der Waals surface area contributed by atoms with E-state index in [2.05, 4.69) is 31.4 Å². The molecule has 23 heavy (non-hydrogen) atoms. The molecule has 0 bridgehead atoms. The molecule has 4 nitrogen and oxygen atoms in total. The maximum atomic E-state index is 6.09. The average Bonchev–Trinajstić information content (AvgIpc) is 3.00. The highest BCUT2D eigenvalue weighted by Crippen LogP contribution is 2.31. The van der Waals surface area contributed by atoms with Crippen LogP contribution in [0, 0.1) is 0 Å². The molecule has 3 rings (SSSR count). The number of halogens is 2. The van der Waals surface area contributed by atoms with E-state index in [0.717, 1.165) is 26.5 Å². The highest BCUT2D eigenvalue weighted by atomic mass is 79.9. The van der Waals surface area contributed by atoms with Crippen LogP contribution in [0.25, 0.3) is 10.6 Å². The lowest BCUT2D eigenvalue weighted by Crippen LogP contribution is -1.90. The van der Waals surface area contributed by atoms with Crippen molar-refractivity contribution < 1.29 is 4.74 Å². The van der Waals surface area contributed by atoms with E-state index in [4.69, 9.17) is 16.3 Å². The number of benzene rings is 2. The Labute approximate surface area is 151 Å². The van der Waals surface area contributed by atoms with Crippen LogP contribution in [0.15, 0.2) is 46.9 Å². The van der Waals surface area contributed by atoms with Crippen molar-refractivity contribution in [1.82, 2.24) is 10.2 Å². The van der Waals surface area contributed by atoms with Gasteiger partial charge in [0.05, 0.1) is 11.6 Å². The van der Waals surface area contributed by atoms with Gasteiger partial charge in [-0.2, -0.15) is 0 Å². The monoisotopic (exact) mass is 409 g/mol. The van der Waals surface area contributed by atoms with E-state index >= 15 is 0 Å². The Morgan fingerprint density at radius 2 is 1.96 bits per heavy atom. The predicted octanol–water partition coefficient (Wildman–Crippen LogP) is 5.76. The van der Waals surface area contributed by atoms with Gasteiger partial charge in [0.1, 0.15) is 10.8 Å². The summed E-state index contributed by atoms with van der Waals surface area (Å²) >= 11 is 10.9. The predicted molar refractivity (Wildman–Crippen MR) is 98.9 cm³/mol. The van der Waals surface area contributed by atoms with Gasteiger partial charge in [0.25, 0.3) is 0 Å². The van der Waals surface area contributed by atoms with Crippen LogP contribution in [0.2, 0.25) is 5.02 Å². The minimum atomic E-state index is 0.645. The number of nitrogens with zero attached hydrogens (tertiary/aromatic N) is 2. The molecule has 1 N–H and O–H groups in total. The van der Waals surface area contributed by atoms with Gasteiger partial charge < -0.3 is 10.1 Å². The molecule has 2 aromatic carbocycles. The van der Waals surface area contributed by atoms with Gasteiger partial charge in [-0.15, -0.1) is 10.2 Å². The maximum absolute atomic E-state index is 6.09. The molecule has 0 saturated heterocycles. The highest BCUT2D eigenvalue weighted by molar-refractivity contribution is 9.10. The van der Waals surface area contributed by atoms with Gasteiger partial charge in [0.2, 0.25) is 5.13 Å². The quantitative estimate of drug-likeness (QED) is 0.580. The van der Waals surface area contributed by atoms with Crippen molar-refractivity contribution in [3.05, 3.63) is 52.0 Å². The largest absolute Gasteiger partial charge is 0.494 e. The summed E-state index contributed by atoms with van der Waals surface area (Å²) in [6.07, 6.45) is 0. The molecule has 3 aromatic rings. The summed E-state index contributed by atoms with van der Waals surface area (Å²) in [5.74, 6) is 0.851. The van der Waals surface area contributed by atoms with E-state index in [0.29, 0.717) is 16.8 Å². The number of ether oxygens (including phenoxy) is 1. The maximum Gasteiger partial charge on any atom is 0.210 e. The number of nitrogens with one attached hydrogen (secondary N) is 1. The average molecular weight is 411 g/mol. The fraction of sp³-hybridized carbons (Fsp3) is 0.125. The van der Waals surface area contributed by atoms with Crippen molar-refractivity contribution in [3.8, 4) is 16.3 Å². The summed E-state index contributed by atoms with van der Waals surface area (Å²) in [6, 6.07) is 13.5. The molecule has 0 saturated carbocycles. The van der Waals surface area contributed by atoms with E-state index in [1.165, 1.54) is 11.3 Å². The first-order valence-electron chi connectivity index (χ1n) is 6.94. The number of aromatic nitrogens is 2. The summed E-state index contributed by atoms with van der Waals surface area (Å²) in [7, 11) is 0. The SMILES string of the molecule is CCOc1ccc(-c2nnc(Nc3ccc(Br)c(Cl)c3)s2)cc1. The van der Waals surface area contributed by atoms with Gasteiger partial charge in [-0.05, 0) is 65.3 Å². The van der Waals surface area contributed by atoms with Crippen molar-refractivity contribution in [3.63, 3.8) is 0 Å². The normalized spacial score (nSPS) is 10.6. The third kappa shape index (κ3) is 4.02. The van der Waals surface area contributed by atoms with E-state index in [1.807, 2.05) is 49.4 Å². The first-order valence-corrected chi connectivity index (χ1v) is 8.93. The summed E-state index contributed by atoms with van der Waals surface area (Å²) in [5.41, 5.74) is 1.88. The molecule has 0 radical (unpaired) electrons. The highest BCUT2D eigenvalue weighted by Gasteiger charge is 2.08. The van der Waals surface area contributed by atoms with Gasteiger partial charge in [0, 0.05) is 15.7 Å². The summed E-state index contributed by atoms with van der Waals surface area (Å²) in [6.45, 7) is 2.62. The van der Waals surface area contributed by atoms with E-state index in [-0.39, 0.29) is 0 Å². The Kier molecular flexibility index (Phi) is 5.15. The Morgan fingerprint density at radius 3 is 2.65 bits per heavy atom. The van der Waals surface area contributed by atoms with E-state index < -0.39 is 0 Å². The number of hydrogen-bond donors (Lipinski definition) is 1. The Bertz CT molecular complexity index is 807. The van der Waals surface area contributed by atoms with Crippen molar-refractivity contribution in [2.24, 2.45) is 0 Å². The zero-order chi connectivity index (χ0) is 16.2. The molecule has 1 heterocycles. The van der Waals surface area contributed by atoms with Crippen LogP contribution >= 0.6 is 38.9 Å². The fourth-order valence-electron chi connectivity index (χ4n) is 1.95. The third-order valence-corrected chi connectivity index (χ3v) is 5.13.